The van der Waals surface area contributed by atoms with Crippen molar-refractivity contribution in [1.82, 2.24) is 5.32 Å². The summed E-state index contributed by atoms with van der Waals surface area (Å²) in [6.07, 6.45) is -6.66. The SMILES string of the molecule is C[C@@H]1O[C@@H](Br)C[C@H](OC(=O)c2ccccc2)[C@@H]1NC(=O)C(F)(F)F. The maximum Gasteiger partial charge on any atom is 0.471 e. The lowest BCUT2D eigenvalue weighted by atomic mass is 9.99. The van der Waals surface area contributed by atoms with E-state index in [1.165, 1.54) is 19.1 Å². The third kappa shape index (κ3) is 4.70. The number of benzene rings is 1. The first-order valence-corrected chi connectivity index (χ1v) is 8.03. The minimum atomic E-state index is -5.03. The number of hydrogen-bond donors (Lipinski definition) is 1. The summed E-state index contributed by atoms with van der Waals surface area (Å²) in [7, 11) is 0. The summed E-state index contributed by atoms with van der Waals surface area (Å²) in [5.74, 6) is -2.78. The molecule has 0 radical (unpaired) electrons. The van der Waals surface area contributed by atoms with E-state index in [-0.39, 0.29) is 12.0 Å². The van der Waals surface area contributed by atoms with Crippen LogP contribution in [0.25, 0.3) is 0 Å². The summed E-state index contributed by atoms with van der Waals surface area (Å²) in [4.78, 5) is 23.4. The highest BCUT2D eigenvalue weighted by atomic mass is 79.9. The molecule has 0 unspecified atom stereocenters. The quantitative estimate of drug-likeness (QED) is 0.615. The smallest absolute Gasteiger partial charge is 0.456 e. The zero-order chi connectivity index (χ0) is 17.9. The van der Waals surface area contributed by atoms with Gasteiger partial charge in [-0.3, -0.25) is 4.79 Å². The van der Waals surface area contributed by atoms with Crippen LogP contribution in [0.2, 0.25) is 0 Å². The molecule has 1 heterocycles. The fraction of sp³-hybridized carbons (Fsp3) is 0.467. The lowest BCUT2D eigenvalue weighted by molar-refractivity contribution is -0.178. The summed E-state index contributed by atoms with van der Waals surface area (Å²) in [5, 5.41) is 1.35. The first-order valence-electron chi connectivity index (χ1n) is 7.11. The fourth-order valence-electron chi connectivity index (χ4n) is 2.35. The largest absolute Gasteiger partial charge is 0.471 e. The van der Waals surface area contributed by atoms with Crippen molar-refractivity contribution >= 4 is 27.8 Å². The lowest BCUT2D eigenvalue weighted by Gasteiger charge is -2.38. The standard InChI is InChI=1S/C15H15BrF3NO4/c1-8-12(20-14(22)15(17,18)19)10(7-11(16)23-8)24-13(21)9-5-3-2-4-6-9/h2-6,8,10-12H,7H2,1H3,(H,20,22)/t8-,10-,11+,12+/m0/s1. The minimum Gasteiger partial charge on any atom is -0.456 e. The van der Waals surface area contributed by atoms with Crippen molar-refractivity contribution in [2.45, 2.75) is 42.8 Å². The number of nitrogens with one attached hydrogen (secondary N) is 1. The molecule has 1 N–H and O–H groups in total. The molecule has 4 atom stereocenters. The molecule has 2 rings (SSSR count). The zero-order valence-corrected chi connectivity index (χ0v) is 14.1. The average molecular weight is 410 g/mol. The molecular weight excluding hydrogens is 395 g/mol. The predicted octanol–water partition coefficient (Wildman–Crippen LogP) is 2.79. The molecule has 1 amide bonds. The topological polar surface area (TPSA) is 64.6 Å². The van der Waals surface area contributed by atoms with Crippen LogP contribution in [0.3, 0.4) is 0 Å². The monoisotopic (exact) mass is 409 g/mol. The van der Waals surface area contributed by atoms with Crippen molar-refractivity contribution in [3.05, 3.63) is 35.9 Å². The maximum atomic E-state index is 12.5. The average Bonchev–Trinajstić information content (AvgIpc) is 2.50. The van der Waals surface area contributed by atoms with Crippen LogP contribution in [0.1, 0.15) is 23.7 Å². The van der Waals surface area contributed by atoms with Gasteiger partial charge >= 0.3 is 18.1 Å². The predicted molar refractivity (Wildman–Crippen MR) is 81.5 cm³/mol. The number of esters is 1. The van der Waals surface area contributed by atoms with Crippen LogP contribution < -0.4 is 5.32 Å². The number of carbonyl (C=O) groups excluding carboxylic acids is 2. The first-order chi connectivity index (χ1) is 11.2. The van der Waals surface area contributed by atoms with E-state index in [4.69, 9.17) is 9.47 Å². The molecule has 1 fully saturated rings. The van der Waals surface area contributed by atoms with Crippen molar-refractivity contribution in [2.24, 2.45) is 0 Å². The van der Waals surface area contributed by atoms with Gasteiger partial charge in [0.2, 0.25) is 0 Å². The van der Waals surface area contributed by atoms with Gasteiger partial charge in [-0.25, -0.2) is 4.79 Å². The van der Waals surface area contributed by atoms with E-state index in [0.29, 0.717) is 0 Å². The molecule has 1 aliphatic rings. The molecule has 0 saturated carbocycles. The molecule has 24 heavy (non-hydrogen) atoms. The molecule has 1 aromatic rings. The van der Waals surface area contributed by atoms with E-state index in [1.807, 2.05) is 5.32 Å². The zero-order valence-electron chi connectivity index (χ0n) is 12.5. The second kappa shape index (κ2) is 7.52. The number of rotatable bonds is 3. The van der Waals surface area contributed by atoms with Gasteiger partial charge < -0.3 is 14.8 Å². The minimum absolute atomic E-state index is 0.103. The van der Waals surface area contributed by atoms with Gasteiger partial charge in [0.15, 0.2) is 0 Å². The summed E-state index contributed by atoms with van der Waals surface area (Å²) in [5.41, 5.74) is 0.267. The number of ether oxygens (including phenoxy) is 2. The Morgan fingerprint density at radius 1 is 1.29 bits per heavy atom. The van der Waals surface area contributed by atoms with Gasteiger partial charge in [-0.1, -0.05) is 34.1 Å². The second-order valence-corrected chi connectivity index (χ2v) is 6.32. The molecule has 0 aliphatic carbocycles. The molecule has 132 valence electrons. The lowest BCUT2D eigenvalue weighted by Crippen LogP contribution is -2.58. The Labute approximate surface area is 144 Å². The van der Waals surface area contributed by atoms with Gasteiger partial charge in [0.05, 0.1) is 17.7 Å². The number of amides is 1. The van der Waals surface area contributed by atoms with Crippen LogP contribution in [0.15, 0.2) is 30.3 Å². The van der Waals surface area contributed by atoms with Crippen LogP contribution in [0, 0.1) is 0 Å². The van der Waals surface area contributed by atoms with Crippen LogP contribution in [-0.4, -0.2) is 41.3 Å². The third-order valence-corrected chi connectivity index (χ3v) is 4.10. The highest BCUT2D eigenvalue weighted by molar-refractivity contribution is 9.09. The number of carbonyl (C=O) groups is 2. The molecule has 1 aromatic carbocycles. The Bertz CT molecular complexity index is 596. The second-order valence-electron chi connectivity index (χ2n) is 5.29. The molecule has 0 bridgehead atoms. The Balaban J connectivity index is 2.13. The van der Waals surface area contributed by atoms with E-state index >= 15 is 0 Å². The Morgan fingerprint density at radius 3 is 2.50 bits per heavy atom. The Hall–Kier alpha value is -1.61. The van der Waals surface area contributed by atoms with Crippen LogP contribution in [0.5, 0.6) is 0 Å². The highest BCUT2D eigenvalue weighted by Gasteiger charge is 2.45. The molecule has 1 saturated heterocycles. The van der Waals surface area contributed by atoms with Gasteiger partial charge in [-0.15, -0.1) is 0 Å². The van der Waals surface area contributed by atoms with Crippen LogP contribution in [-0.2, 0) is 14.3 Å². The molecular formula is C15H15BrF3NO4. The fourth-order valence-corrected chi connectivity index (χ4v) is 3.06. The van der Waals surface area contributed by atoms with Gasteiger partial charge in [0.1, 0.15) is 11.1 Å². The van der Waals surface area contributed by atoms with Crippen molar-refractivity contribution < 1.29 is 32.2 Å². The van der Waals surface area contributed by atoms with E-state index in [1.54, 1.807) is 18.2 Å². The number of halogens is 4. The van der Waals surface area contributed by atoms with Gasteiger partial charge in [-0.05, 0) is 19.1 Å². The first kappa shape index (κ1) is 18.7. The molecule has 9 heteroatoms. The van der Waals surface area contributed by atoms with Crippen LogP contribution in [0.4, 0.5) is 13.2 Å². The molecule has 5 nitrogen and oxygen atoms in total. The Morgan fingerprint density at radius 2 is 1.92 bits per heavy atom. The van der Waals surface area contributed by atoms with Crippen molar-refractivity contribution in [2.75, 3.05) is 0 Å². The third-order valence-electron chi connectivity index (χ3n) is 3.51. The summed E-state index contributed by atoms with van der Waals surface area (Å²) in [6, 6.07) is 6.94. The van der Waals surface area contributed by atoms with Gasteiger partial charge in [0.25, 0.3) is 0 Å². The van der Waals surface area contributed by atoms with Gasteiger partial charge in [0, 0.05) is 6.42 Å². The van der Waals surface area contributed by atoms with E-state index in [2.05, 4.69) is 15.9 Å². The van der Waals surface area contributed by atoms with Crippen molar-refractivity contribution in [3.8, 4) is 0 Å². The normalized spacial score (nSPS) is 27.4. The highest BCUT2D eigenvalue weighted by Crippen LogP contribution is 2.28. The number of alkyl halides is 4. The summed E-state index contributed by atoms with van der Waals surface area (Å²) >= 11 is 3.20. The summed E-state index contributed by atoms with van der Waals surface area (Å²) < 4.78 is 48.2. The Kier molecular flexibility index (Phi) is 5.87. The molecule has 0 aromatic heterocycles. The maximum absolute atomic E-state index is 12.5. The summed E-state index contributed by atoms with van der Waals surface area (Å²) in [6.45, 7) is 1.50. The van der Waals surface area contributed by atoms with Gasteiger partial charge in [-0.2, -0.15) is 13.2 Å². The van der Waals surface area contributed by atoms with Crippen molar-refractivity contribution in [1.29, 1.82) is 0 Å². The van der Waals surface area contributed by atoms with Crippen molar-refractivity contribution in [3.63, 3.8) is 0 Å². The molecule has 1 aliphatic heterocycles. The van der Waals surface area contributed by atoms with E-state index in [9.17, 15) is 22.8 Å². The van der Waals surface area contributed by atoms with E-state index in [0.717, 1.165) is 0 Å². The number of hydrogen-bond acceptors (Lipinski definition) is 4. The van der Waals surface area contributed by atoms with E-state index < -0.39 is 41.3 Å². The van der Waals surface area contributed by atoms with Crippen LogP contribution >= 0.6 is 15.9 Å². The molecule has 0 spiro atoms.